The molecular weight excluding hydrogens is 457 g/mol. The third kappa shape index (κ3) is 5.13. The summed E-state index contributed by atoms with van der Waals surface area (Å²) in [4.78, 5) is 15.4. The molecule has 1 N–H and O–H groups in total. The van der Waals surface area contributed by atoms with Crippen molar-refractivity contribution in [3.8, 4) is 16.9 Å². The van der Waals surface area contributed by atoms with Crippen molar-refractivity contribution < 1.29 is 27.4 Å². The molecule has 2 aromatic rings. The number of fused-ring (bicyclic) bond motifs is 4. The molecule has 0 aromatic heterocycles. The van der Waals surface area contributed by atoms with E-state index in [0.717, 1.165) is 56.4 Å². The number of hydrogen-bond acceptors (Lipinski definition) is 4. The number of rotatable bonds is 4. The predicted octanol–water partition coefficient (Wildman–Crippen LogP) is 6.09. The maximum absolute atomic E-state index is 13.0. The first-order valence-corrected chi connectivity index (χ1v) is 12.3. The van der Waals surface area contributed by atoms with Gasteiger partial charge in [0, 0.05) is 12.1 Å². The Morgan fingerprint density at radius 1 is 1.11 bits per heavy atom. The van der Waals surface area contributed by atoms with Crippen molar-refractivity contribution in [1.29, 1.82) is 0 Å². The second-order valence-electron chi connectivity index (χ2n) is 10.6. The normalized spacial score (nSPS) is 27.1. The lowest BCUT2D eigenvalue weighted by Crippen LogP contribution is -2.53. The van der Waals surface area contributed by atoms with E-state index >= 15 is 0 Å². The highest BCUT2D eigenvalue weighted by Gasteiger charge is 2.40. The molecule has 1 unspecified atom stereocenters. The topological polar surface area (TPSA) is 50.8 Å². The van der Waals surface area contributed by atoms with Crippen LogP contribution in [0.3, 0.4) is 0 Å². The van der Waals surface area contributed by atoms with Crippen LogP contribution in [0.15, 0.2) is 42.5 Å². The summed E-state index contributed by atoms with van der Waals surface area (Å²) in [5.74, 6) is 0.162. The number of piperidine rings is 3. The van der Waals surface area contributed by atoms with Gasteiger partial charge in [-0.3, -0.25) is 4.90 Å². The van der Waals surface area contributed by atoms with E-state index < -0.39 is 12.5 Å². The van der Waals surface area contributed by atoms with E-state index in [9.17, 15) is 18.0 Å². The molecule has 2 aromatic carbocycles. The molecule has 2 atom stereocenters. The minimum absolute atomic E-state index is 0.0959. The summed E-state index contributed by atoms with van der Waals surface area (Å²) in [7, 11) is 0. The molecule has 2 bridgehead atoms. The van der Waals surface area contributed by atoms with Gasteiger partial charge < -0.3 is 14.8 Å². The Morgan fingerprint density at radius 2 is 1.86 bits per heavy atom. The van der Waals surface area contributed by atoms with Gasteiger partial charge in [-0.2, -0.15) is 0 Å². The van der Waals surface area contributed by atoms with Gasteiger partial charge in [0.15, 0.2) is 0 Å². The molecular formula is C27H31F3N2O3. The van der Waals surface area contributed by atoms with Crippen LogP contribution in [-0.4, -0.2) is 43.1 Å². The zero-order chi connectivity index (χ0) is 24.8. The number of carbonyl (C=O) groups excluding carboxylic acids is 1. The van der Waals surface area contributed by atoms with Crippen LogP contribution in [0.1, 0.15) is 50.3 Å². The zero-order valence-electron chi connectivity index (χ0n) is 20.0. The van der Waals surface area contributed by atoms with Crippen LogP contribution >= 0.6 is 0 Å². The lowest BCUT2D eigenvalue weighted by Gasteiger charge is -2.44. The van der Waals surface area contributed by atoms with Gasteiger partial charge in [0.1, 0.15) is 11.9 Å². The van der Waals surface area contributed by atoms with E-state index in [2.05, 4.69) is 28.8 Å². The summed E-state index contributed by atoms with van der Waals surface area (Å²) in [6.07, 6.45) is -1.50. The number of aryl methyl sites for hydroxylation is 1. The standard InChI is InChI=1S/C27H31F3N2O3/c1-26(2)12-9-17-7-8-19(20-5-3-4-6-22(20)35-27(28,29)30)15-21(17)24(26)31-25(33)34-23-16-32-13-10-18(23)11-14-32/h3-8,15,18,23-24H,9-14,16H2,1-2H3,(H,31,33)/t23-,24?/m0/s1. The molecule has 188 valence electrons. The van der Waals surface area contributed by atoms with Crippen molar-refractivity contribution in [3.63, 3.8) is 0 Å². The SMILES string of the molecule is CC1(C)CCc2ccc(-c3ccccc3OC(F)(F)F)cc2C1NC(=O)O[C@H]1CN2CCC1CC2. The maximum atomic E-state index is 13.0. The number of nitrogens with one attached hydrogen (secondary N) is 1. The number of ether oxygens (including phenoxy) is 2. The van der Waals surface area contributed by atoms with Gasteiger partial charge >= 0.3 is 12.5 Å². The van der Waals surface area contributed by atoms with Crippen LogP contribution < -0.4 is 10.1 Å². The Hall–Kier alpha value is -2.74. The molecule has 0 spiro atoms. The van der Waals surface area contributed by atoms with E-state index in [0.29, 0.717) is 17.0 Å². The average molecular weight is 489 g/mol. The lowest BCUT2D eigenvalue weighted by atomic mass is 9.70. The molecule has 8 heteroatoms. The highest BCUT2D eigenvalue weighted by Crippen LogP contribution is 2.45. The number of halogens is 3. The van der Waals surface area contributed by atoms with Gasteiger partial charge in [0.25, 0.3) is 0 Å². The number of benzene rings is 2. The van der Waals surface area contributed by atoms with Gasteiger partial charge in [0.05, 0.1) is 6.04 Å². The molecule has 3 saturated heterocycles. The highest BCUT2D eigenvalue weighted by atomic mass is 19.4. The van der Waals surface area contributed by atoms with E-state index in [1.54, 1.807) is 12.1 Å². The summed E-state index contributed by atoms with van der Waals surface area (Å²) in [6.45, 7) is 7.11. The van der Waals surface area contributed by atoms with Gasteiger partial charge in [0.2, 0.25) is 0 Å². The first-order chi connectivity index (χ1) is 16.6. The number of alkyl halides is 3. The number of nitrogens with zero attached hydrogens (tertiary/aromatic N) is 1. The van der Waals surface area contributed by atoms with Crippen LogP contribution in [0.2, 0.25) is 0 Å². The molecule has 3 heterocycles. The number of amides is 1. The van der Waals surface area contributed by atoms with Crippen molar-refractivity contribution in [2.24, 2.45) is 11.3 Å². The van der Waals surface area contributed by atoms with Crippen LogP contribution in [0.5, 0.6) is 5.75 Å². The Kier molecular flexibility index (Phi) is 6.20. The van der Waals surface area contributed by atoms with Crippen molar-refractivity contribution in [2.75, 3.05) is 19.6 Å². The zero-order valence-corrected chi connectivity index (χ0v) is 20.0. The van der Waals surface area contributed by atoms with Crippen molar-refractivity contribution in [3.05, 3.63) is 53.6 Å². The van der Waals surface area contributed by atoms with Crippen molar-refractivity contribution in [2.45, 2.75) is 58.0 Å². The summed E-state index contributed by atoms with van der Waals surface area (Å²) in [5, 5.41) is 3.11. The molecule has 6 rings (SSSR count). The van der Waals surface area contributed by atoms with Gasteiger partial charge in [-0.25, -0.2) is 4.79 Å². The molecule has 3 fully saturated rings. The fourth-order valence-electron chi connectivity index (χ4n) is 5.81. The first-order valence-electron chi connectivity index (χ1n) is 12.3. The molecule has 1 aliphatic carbocycles. The van der Waals surface area contributed by atoms with Crippen LogP contribution in [0.25, 0.3) is 11.1 Å². The minimum Gasteiger partial charge on any atom is -0.445 e. The average Bonchev–Trinajstić information content (AvgIpc) is 2.81. The van der Waals surface area contributed by atoms with E-state index in [4.69, 9.17) is 4.74 Å². The number of para-hydroxylation sites is 1. The molecule has 35 heavy (non-hydrogen) atoms. The number of alkyl carbamates (subject to hydrolysis) is 1. The Bertz CT molecular complexity index is 1090. The predicted molar refractivity (Wildman–Crippen MR) is 126 cm³/mol. The van der Waals surface area contributed by atoms with Crippen LogP contribution in [0, 0.1) is 11.3 Å². The molecule has 1 amide bonds. The van der Waals surface area contributed by atoms with Crippen LogP contribution in [0.4, 0.5) is 18.0 Å². The molecule has 4 aliphatic rings. The summed E-state index contributed by atoms with van der Waals surface area (Å²) >= 11 is 0. The summed E-state index contributed by atoms with van der Waals surface area (Å²) in [6, 6.07) is 11.4. The minimum atomic E-state index is -4.78. The van der Waals surface area contributed by atoms with Crippen molar-refractivity contribution in [1.82, 2.24) is 10.2 Å². The van der Waals surface area contributed by atoms with E-state index in [-0.39, 0.29) is 23.3 Å². The van der Waals surface area contributed by atoms with Crippen LogP contribution in [-0.2, 0) is 11.2 Å². The van der Waals surface area contributed by atoms with E-state index in [1.165, 1.54) is 12.1 Å². The number of carbonyl (C=O) groups is 1. The monoisotopic (exact) mass is 488 g/mol. The number of hydrogen-bond donors (Lipinski definition) is 1. The highest BCUT2D eigenvalue weighted by molar-refractivity contribution is 5.73. The third-order valence-corrected chi connectivity index (χ3v) is 7.82. The Labute approximate surface area is 203 Å². The Balaban J connectivity index is 1.41. The molecule has 5 nitrogen and oxygen atoms in total. The second-order valence-corrected chi connectivity index (χ2v) is 10.6. The lowest BCUT2D eigenvalue weighted by molar-refractivity contribution is -0.274. The molecule has 0 radical (unpaired) electrons. The van der Waals surface area contributed by atoms with Gasteiger partial charge in [-0.05, 0) is 78.9 Å². The van der Waals surface area contributed by atoms with Gasteiger partial charge in [-0.15, -0.1) is 13.2 Å². The molecule has 0 saturated carbocycles. The maximum Gasteiger partial charge on any atom is 0.573 e. The largest absolute Gasteiger partial charge is 0.573 e. The van der Waals surface area contributed by atoms with E-state index in [1.807, 2.05) is 18.2 Å². The Morgan fingerprint density at radius 3 is 2.54 bits per heavy atom. The summed E-state index contributed by atoms with van der Waals surface area (Å²) in [5.41, 5.74) is 2.70. The third-order valence-electron chi connectivity index (χ3n) is 7.82. The quantitative estimate of drug-likeness (QED) is 0.566. The first kappa shape index (κ1) is 24.0. The fourth-order valence-corrected chi connectivity index (χ4v) is 5.81. The smallest absolute Gasteiger partial charge is 0.445 e. The summed E-state index contributed by atoms with van der Waals surface area (Å²) < 4.78 is 49.1. The van der Waals surface area contributed by atoms with Crippen molar-refractivity contribution >= 4 is 6.09 Å². The fraction of sp³-hybridized carbons (Fsp3) is 0.519. The molecule has 3 aliphatic heterocycles. The van der Waals surface area contributed by atoms with Gasteiger partial charge in [-0.1, -0.05) is 44.2 Å². The second kappa shape index (κ2) is 9.04.